The van der Waals surface area contributed by atoms with E-state index in [1.807, 2.05) is 22.0 Å². The molecule has 3 heterocycles. The van der Waals surface area contributed by atoms with Crippen LogP contribution < -0.4 is 5.32 Å². The minimum atomic E-state index is -0.0512. The fraction of sp³-hybridized carbons (Fsp3) is 0.611. The average molecular weight is 344 g/mol. The van der Waals surface area contributed by atoms with Crippen LogP contribution in [0.5, 0.6) is 0 Å². The fourth-order valence-corrected chi connectivity index (χ4v) is 3.54. The molecule has 2 N–H and O–H groups in total. The van der Waals surface area contributed by atoms with Crippen LogP contribution in [0.4, 0.5) is 10.5 Å². The minimum Gasteiger partial charge on any atom is -0.317 e. The summed E-state index contributed by atoms with van der Waals surface area (Å²) in [5, 5.41) is 14.4. The molecule has 7 nitrogen and oxygen atoms in total. The first kappa shape index (κ1) is 17.5. The fourth-order valence-electron chi connectivity index (χ4n) is 3.54. The van der Waals surface area contributed by atoms with E-state index in [0.29, 0.717) is 5.92 Å². The highest BCUT2D eigenvalue weighted by molar-refractivity contribution is 5.90. The Kier molecular flexibility index (Phi) is 5.40. The Bertz CT molecular complexity index is 690. The normalized spacial score (nSPS) is 17.9. The van der Waals surface area contributed by atoms with Crippen LogP contribution in [0.1, 0.15) is 57.3 Å². The molecule has 1 fully saturated rings. The molecule has 0 aliphatic carbocycles. The van der Waals surface area contributed by atoms with Crippen LogP contribution in [0, 0.1) is 5.92 Å². The summed E-state index contributed by atoms with van der Waals surface area (Å²) in [6, 6.07) is 0.0352. The second kappa shape index (κ2) is 7.72. The lowest BCUT2D eigenvalue weighted by Crippen LogP contribution is -2.41. The molecule has 7 heteroatoms. The van der Waals surface area contributed by atoms with Gasteiger partial charge in [-0.25, -0.2) is 4.79 Å². The van der Waals surface area contributed by atoms with Gasteiger partial charge < -0.3 is 10.2 Å². The van der Waals surface area contributed by atoms with Crippen molar-refractivity contribution in [2.75, 3.05) is 11.9 Å². The smallest absolute Gasteiger partial charge is 0.317 e. The van der Waals surface area contributed by atoms with Crippen LogP contribution in [-0.2, 0) is 13.0 Å². The third kappa shape index (κ3) is 3.86. The molecule has 25 heavy (non-hydrogen) atoms. The molecule has 0 spiro atoms. The lowest BCUT2D eigenvalue weighted by molar-refractivity contribution is 0.163. The Morgan fingerprint density at radius 2 is 2.24 bits per heavy atom. The number of piperidine rings is 1. The van der Waals surface area contributed by atoms with Crippen molar-refractivity contribution in [2.24, 2.45) is 5.92 Å². The molecule has 136 valence electrons. The van der Waals surface area contributed by atoms with Gasteiger partial charge in [0.25, 0.3) is 0 Å². The van der Waals surface area contributed by atoms with E-state index >= 15 is 0 Å². The van der Waals surface area contributed by atoms with Crippen molar-refractivity contribution in [1.29, 1.82) is 0 Å². The van der Waals surface area contributed by atoms with Crippen molar-refractivity contribution < 1.29 is 4.79 Å². The number of carbonyl (C=O) groups is 1. The molecule has 0 radical (unpaired) electrons. The Balaban J connectivity index is 1.76. The first-order valence-corrected chi connectivity index (χ1v) is 9.21. The predicted octanol–water partition coefficient (Wildman–Crippen LogP) is 3.58. The summed E-state index contributed by atoms with van der Waals surface area (Å²) >= 11 is 0. The number of likely N-dealkylation sites (tertiary alicyclic amines) is 1. The number of hydrogen-bond acceptors (Lipinski definition) is 3. The van der Waals surface area contributed by atoms with Crippen LogP contribution >= 0.6 is 0 Å². The Labute approximate surface area is 148 Å². The van der Waals surface area contributed by atoms with E-state index in [1.165, 1.54) is 0 Å². The summed E-state index contributed by atoms with van der Waals surface area (Å²) in [5.41, 5.74) is 2.98. The number of nitrogens with zero attached hydrogens (tertiary/aromatic N) is 4. The van der Waals surface area contributed by atoms with Gasteiger partial charge in [-0.1, -0.05) is 20.8 Å². The first-order valence-electron chi connectivity index (χ1n) is 9.21. The molecular weight excluding hydrogens is 316 g/mol. The highest BCUT2D eigenvalue weighted by Gasteiger charge is 2.29. The molecule has 2 aromatic rings. The number of hydrogen-bond donors (Lipinski definition) is 2. The maximum absolute atomic E-state index is 12.9. The lowest BCUT2D eigenvalue weighted by atomic mass is 9.98. The molecule has 2 amide bonds. The molecule has 0 saturated carbocycles. The van der Waals surface area contributed by atoms with Crippen LogP contribution in [0.2, 0.25) is 0 Å². The number of aromatic nitrogens is 4. The van der Waals surface area contributed by atoms with Gasteiger partial charge in [-0.15, -0.1) is 0 Å². The summed E-state index contributed by atoms with van der Waals surface area (Å²) in [6.45, 7) is 8.06. The largest absolute Gasteiger partial charge is 0.322 e. The van der Waals surface area contributed by atoms with Crippen molar-refractivity contribution in [1.82, 2.24) is 24.9 Å². The van der Waals surface area contributed by atoms with Crippen LogP contribution in [0.15, 0.2) is 18.6 Å². The molecule has 2 aromatic heterocycles. The van der Waals surface area contributed by atoms with E-state index in [2.05, 4.69) is 41.4 Å². The quantitative estimate of drug-likeness (QED) is 0.870. The summed E-state index contributed by atoms with van der Waals surface area (Å²) in [7, 11) is 0. The van der Waals surface area contributed by atoms with Crippen LogP contribution in [0.25, 0.3) is 0 Å². The summed E-state index contributed by atoms with van der Waals surface area (Å²) in [6.07, 6.45) is 9.45. The van der Waals surface area contributed by atoms with Gasteiger partial charge in [0.05, 0.1) is 29.8 Å². The highest BCUT2D eigenvalue weighted by Crippen LogP contribution is 2.31. The first-order chi connectivity index (χ1) is 12.1. The molecule has 1 saturated heterocycles. The third-order valence-electron chi connectivity index (χ3n) is 4.73. The average Bonchev–Trinajstić information content (AvgIpc) is 3.24. The van der Waals surface area contributed by atoms with Crippen LogP contribution in [-0.4, -0.2) is 37.5 Å². The van der Waals surface area contributed by atoms with E-state index in [1.54, 1.807) is 6.20 Å². The Hall–Kier alpha value is -2.31. The van der Waals surface area contributed by atoms with E-state index in [9.17, 15) is 4.79 Å². The Morgan fingerprint density at radius 3 is 2.92 bits per heavy atom. The molecule has 1 aliphatic rings. The number of urea groups is 1. The number of carbonyl (C=O) groups excluding carboxylic acids is 1. The van der Waals surface area contributed by atoms with Crippen LogP contribution in [0.3, 0.4) is 0 Å². The minimum absolute atomic E-state index is 0.0512. The SMILES string of the molecule is CCc1c(NC(=O)N2CCCC[C@@H]2c2cn[nH]c2)cnn1CC(C)C. The van der Waals surface area contributed by atoms with Gasteiger partial charge in [0, 0.05) is 24.8 Å². The molecule has 0 aromatic carbocycles. The van der Waals surface area contributed by atoms with E-state index < -0.39 is 0 Å². The van der Waals surface area contributed by atoms with Gasteiger partial charge >= 0.3 is 6.03 Å². The second-order valence-electron chi connectivity index (χ2n) is 7.10. The van der Waals surface area contributed by atoms with Gasteiger partial charge in [-0.2, -0.15) is 10.2 Å². The monoisotopic (exact) mass is 344 g/mol. The molecule has 0 bridgehead atoms. The zero-order valence-electron chi connectivity index (χ0n) is 15.3. The number of aromatic amines is 1. The maximum Gasteiger partial charge on any atom is 0.322 e. The van der Waals surface area contributed by atoms with E-state index in [0.717, 1.165) is 55.7 Å². The highest BCUT2D eigenvalue weighted by atomic mass is 16.2. The van der Waals surface area contributed by atoms with E-state index in [4.69, 9.17) is 0 Å². The lowest BCUT2D eigenvalue weighted by Gasteiger charge is -2.35. The van der Waals surface area contributed by atoms with Crippen molar-refractivity contribution in [3.05, 3.63) is 29.8 Å². The van der Waals surface area contributed by atoms with Gasteiger partial charge in [0.2, 0.25) is 0 Å². The zero-order chi connectivity index (χ0) is 17.8. The molecule has 1 aliphatic heterocycles. The molecular formula is C18H28N6O. The summed E-state index contributed by atoms with van der Waals surface area (Å²) < 4.78 is 2.00. The Morgan fingerprint density at radius 1 is 1.40 bits per heavy atom. The van der Waals surface area contributed by atoms with Gasteiger partial charge in [-0.05, 0) is 31.6 Å². The number of amides is 2. The number of rotatable bonds is 5. The molecule has 0 unspecified atom stereocenters. The van der Waals surface area contributed by atoms with Crippen molar-refractivity contribution in [3.63, 3.8) is 0 Å². The third-order valence-corrected chi connectivity index (χ3v) is 4.73. The zero-order valence-corrected chi connectivity index (χ0v) is 15.3. The standard InChI is InChI=1S/C18H28N6O/c1-4-16-15(11-21-24(16)12-13(2)3)22-18(25)23-8-6-5-7-17(23)14-9-19-20-10-14/h9-11,13,17H,4-8,12H2,1-3H3,(H,19,20)(H,22,25)/t17-/m1/s1. The van der Waals surface area contributed by atoms with Crippen molar-refractivity contribution in [2.45, 2.75) is 59.0 Å². The maximum atomic E-state index is 12.9. The molecule has 3 rings (SSSR count). The van der Waals surface area contributed by atoms with Crippen molar-refractivity contribution >= 4 is 11.7 Å². The van der Waals surface area contributed by atoms with Gasteiger partial charge in [0.1, 0.15) is 0 Å². The number of anilines is 1. The van der Waals surface area contributed by atoms with Gasteiger partial charge in [-0.3, -0.25) is 9.78 Å². The van der Waals surface area contributed by atoms with Crippen molar-refractivity contribution in [3.8, 4) is 0 Å². The summed E-state index contributed by atoms with van der Waals surface area (Å²) in [4.78, 5) is 14.8. The number of H-pyrrole nitrogens is 1. The number of nitrogens with one attached hydrogen (secondary N) is 2. The summed E-state index contributed by atoms with van der Waals surface area (Å²) in [5.74, 6) is 0.515. The predicted molar refractivity (Wildman–Crippen MR) is 97.3 cm³/mol. The second-order valence-corrected chi connectivity index (χ2v) is 7.10. The molecule has 1 atom stereocenters. The topological polar surface area (TPSA) is 78.8 Å². The van der Waals surface area contributed by atoms with Gasteiger partial charge in [0.15, 0.2) is 0 Å². The van der Waals surface area contributed by atoms with E-state index in [-0.39, 0.29) is 12.1 Å².